The molecule has 0 unspecified atom stereocenters. The zero-order chi connectivity index (χ0) is 30.0. The number of benzene rings is 1. The third kappa shape index (κ3) is 7.39. The molecule has 1 aliphatic carbocycles. The average molecular weight is 596 g/mol. The fourth-order valence-electron chi connectivity index (χ4n) is 5.14. The highest BCUT2D eigenvalue weighted by molar-refractivity contribution is 5.82. The molecule has 3 aromatic heterocycles. The number of aromatic amines is 1. The number of fused-ring (bicyclic) bond motifs is 1. The summed E-state index contributed by atoms with van der Waals surface area (Å²) in [5.41, 5.74) is 5.02. The van der Waals surface area contributed by atoms with Gasteiger partial charge in [0, 0.05) is 56.6 Å². The number of methoxy groups -OCH3 is 1. The highest BCUT2D eigenvalue weighted by Crippen LogP contribution is 2.32. The maximum absolute atomic E-state index is 12.6. The van der Waals surface area contributed by atoms with Crippen LogP contribution in [0.25, 0.3) is 22.3 Å². The van der Waals surface area contributed by atoms with E-state index in [1.54, 1.807) is 19.5 Å². The van der Waals surface area contributed by atoms with Crippen LogP contribution in [0.2, 0.25) is 0 Å². The Bertz CT molecular complexity index is 1600. The van der Waals surface area contributed by atoms with E-state index in [0.29, 0.717) is 56.0 Å². The van der Waals surface area contributed by atoms with Crippen molar-refractivity contribution >= 4 is 16.9 Å². The molecule has 2 fully saturated rings. The van der Waals surface area contributed by atoms with Gasteiger partial charge in [0.2, 0.25) is 5.91 Å². The lowest BCUT2D eigenvalue weighted by Gasteiger charge is -2.35. The summed E-state index contributed by atoms with van der Waals surface area (Å²) < 4.78 is 49.0. The number of H-pyrrole nitrogens is 1. The first-order chi connectivity index (χ1) is 20.7. The summed E-state index contributed by atoms with van der Waals surface area (Å²) in [6.07, 6.45) is 0.334. The molecule has 1 amide bonds. The van der Waals surface area contributed by atoms with Crippen molar-refractivity contribution in [3.05, 3.63) is 59.8 Å². The van der Waals surface area contributed by atoms with Gasteiger partial charge in [0.05, 0.1) is 30.9 Å². The van der Waals surface area contributed by atoms with Gasteiger partial charge in [-0.25, -0.2) is 4.98 Å². The number of rotatable bonds is 10. The largest absolute Gasteiger partial charge is 0.493 e. The molecule has 0 bridgehead atoms. The van der Waals surface area contributed by atoms with Crippen LogP contribution < -0.4 is 9.47 Å². The molecule has 43 heavy (non-hydrogen) atoms. The number of hydrogen-bond donors (Lipinski definition) is 1. The zero-order valence-electron chi connectivity index (χ0n) is 23.7. The van der Waals surface area contributed by atoms with Gasteiger partial charge in [0.15, 0.2) is 5.75 Å². The number of ether oxygens (including phenoxy) is 2. The molecule has 1 aliphatic heterocycles. The Balaban J connectivity index is 1.10. The van der Waals surface area contributed by atoms with Crippen LogP contribution >= 0.6 is 0 Å². The van der Waals surface area contributed by atoms with Crippen LogP contribution in [0.1, 0.15) is 36.3 Å². The summed E-state index contributed by atoms with van der Waals surface area (Å²) in [5.74, 6) is 1.03. The minimum absolute atomic E-state index is 0.281. The molecule has 0 radical (unpaired) electrons. The monoisotopic (exact) mass is 595 g/mol. The van der Waals surface area contributed by atoms with Crippen molar-refractivity contribution in [2.24, 2.45) is 5.92 Å². The molecule has 1 N–H and O–H groups in total. The lowest BCUT2D eigenvalue weighted by molar-refractivity contribution is -0.162. The predicted molar refractivity (Wildman–Crippen MR) is 151 cm³/mol. The van der Waals surface area contributed by atoms with Gasteiger partial charge in [-0.1, -0.05) is 6.07 Å². The number of carbonyl (C=O) groups is 1. The summed E-state index contributed by atoms with van der Waals surface area (Å²) >= 11 is 0. The first-order valence-corrected chi connectivity index (χ1v) is 14.3. The summed E-state index contributed by atoms with van der Waals surface area (Å²) in [4.78, 5) is 36.8. The summed E-state index contributed by atoms with van der Waals surface area (Å²) in [6, 6.07) is 10.1. The van der Waals surface area contributed by atoms with Gasteiger partial charge in [0.25, 0.3) is 0 Å². The maximum atomic E-state index is 12.6. The van der Waals surface area contributed by atoms with Gasteiger partial charge in [-0.2, -0.15) is 23.1 Å². The van der Waals surface area contributed by atoms with Gasteiger partial charge < -0.3 is 19.4 Å². The fraction of sp³-hybridized carbons (Fsp3) is 0.433. The number of aromatic nitrogens is 5. The highest BCUT2D eigenvalue weighted by Gasteiger charge is 2.34. The van der Waals surface area contributed by atoms with E-state index in [1.165, 1.54) is 17.7 Å². The topological polar surface area (TPSA) is 109 Å². The number of nitrogens with zero attached hydrogens (tertiary/aromatic N) is 6. The Morgan fingerprint density at radius 2 is 1.88 bits per heavy atom. The normalized spacial score (nSPS) is 16.0. The maximum Gasteiger partial charge on any atom is 0.397 e. The lowest BCUT2D eigenvalue weighted by atomic mass is 10.1. The third-order valence-electron chi connectivity index (χ3n) is 7.61. The van der Waals surface area contributed by atoms with E-state index in [9.17, 15) is 18.0 Å². The van der Waals surface area contributed by atoms with Crippen molar-refractivity contribution in [1.82, 2.24) is 34.7 Å². The standard InChI is InChI=1S/C30H32F3N7O3/c1-42-25-16-35-29(43-18-19-2-3-19)38-28(25)21-4-5-23-24(13-21)37-26(36-23)14-22-12-20(6-7-34-22)17-39-8-10-40(11-9-39)27(41)15-30(31,32)33/h4-7,12-13,16,19H,2-3,8-11,14-15,17-18H2,1H3,(H,36,37). The molecular formula is C30H32F3N7O3. The molecule has 4 heterocycles. The van der Waals surface area contributed by atoms with Crippen molar-refractivity contribution in [2.75, 3.05) is 39.9 Å². The number of halogens is 3. The molecular weight excluding hydrogens is 563 g/mol. The molecule has 1 saturated heterocycles. The second-order valence-corrected chi connectivity index (χ2v) is 11.0. The van der Waals surface area contributed by atoms with E-state index in [0.717, 1.165) is 33.7 Å². The van der Waals surface area contributed by atoms with Crippen molar-refractivity contribution < 1.29 is 27.4 Å². The minimum atomic E-state index is -4.48. The van der Waals surface area contributed by atoms with E-state index in [2.05, 4.69) is 24.8 Å². The molecule has 13 heteroatoms. The van der Waals surface area contributed by atoms with Crippen LogP contribution in [0.5, 0.6) is 11.8 Å². The van der Waals surface area contributed by atoms with Gasteiger partial charge >= 0.3 is 12.2 Å². The first kappa shape index (κ1) is 28.8. The minimum Gasteiger partial charge on any atom is -0.493 e. The van der Waals surface area contributed by atoms with Crippen molar-refractivity contribution in [2.45, 2.75) is 38.4 Å². The van der Waals surface area contributed by atoms with Crippen molar-refractivity contribution in [1.29, 1.82) is 0 Å². The van der Waals surface area contributed by atoms with Crippen LogP contribution in [0.4, 0.5) is 13.2 Å². The van der Waals surface area contributed by atoms with Crippen molar-refractivity contribution in [3.63, 3.8) is 0 Å². The number of amides is 1. The molecule has 226 valence electrons. The number of imidazole rings is 1. The van der Waals surface area contributed by atoms with Crippen LogP contribution in [-0.4, -0.2) is 86.7 Å². The van der Waals surface area contributed by atoms with Gasteiger partial charge in [-0.05, 0) is 48.6 Å². The molecule has 1 aromatic carbocycles. The lowest BCUT2D eigenvalue weighted by Crippen LogP contribution is -2.49. The zero-order valence-corrected chi connectivity index (χ0v) is 23.7. The Morgan fingerprint density at radius 1 is 1.07 bits per heavy atom. The molecule has 0 spiro atoms. The number of piperazine rings is 1. The van der Waals surface area contributed by atoms with Crippen LogP contribution in [0.3, 0.4) is 0 Å². The smallest absolute Gasteiger partial charge is 0.397 e. The molecule has 10 nitrogen and oxygen atoms in total. The van der Waals surface area contributed by atoms with Gasteiger partial charge in [-0.3, -0.25) is 14.7 Å². The summed E-state index contributed by atoms with van der Waals surface area (Å²) in [6.45, 7) is 2.82. The molecule has 6 rings (SSSR count). The Hall–Kier alpha value is -4.26. The van der Waals surface area contributed by atoms with Crippen molar-refractivity contribution in [3.8, 4) is 23.0 Å². The summed E-state index contributed by atoms with van der Waals surface area (Å²) in [7, 11) is 1.58. The van der Waals surface area contributed by atoms with E-state index < -0.39 is 18.5 Å². The van der Waals surface area contributed by atoms with Crippen LogP contribution in [-0.2, 0) is 17.8 Å². The number of pyridine rings is 1. The SMILES string of the molecule is COc1cnc(OCC2CC2)nc1-c1ccc2nc(Cc3cc(CN4CCN(C(=O)CC(F)(F)F)CC4)ccn3)[nH]c2c1. The number of alkyl halides is 3. The Morgan fingerprint density at radius 3 is 2.63 bits per heavy atom. The Kier molecular flexibility index (Phi) is 8.15. The van der Waals surface area contributed by atoms with E-state index >= 15 is 0 Å². The molecule has 1 saturated carbocycles. The average Bonchev–Trinajstić information content (AvgIpc) is 3.73. The molecule has 4 aromatic rings. The quantitative estimate of drug-likeness (QED) is 0.288. The first-order valence-electron chi connectivity index (χ1n) is 14.3. The Labute approximate surface area is 246 Å². The van der Waals surface area contributed by atoms with E-state index in [1.807, 2.05) is 30.3 Å². The van der Waals surface area contributed by atoms with Gasteiger partial charge in [-0.15, -0.1) is 0 Å². The number of hydrogen-bond acceptors (Lipinski definition) is 8. The molecule has 2 aliphatic rings. The molecule has 0 atom stereocenters. The van der Waals surface area contributed by atoms with Gasteiger partial charge in [0.1, 0.15) is 17.9 Å². The van der Waals surface area contributed by atoms with Crippen LogP contribution in [0, 0.1) is 5.92 Å². The van der Waals surface area contributed by atoms with E-state index in [-0.39, 0.29) is 13.1 Å². The third-order valence-corrected chi connectivity index (χ3v) is 7.61. The van der Waals surface area contributed by atoms with Crippen LogP contribution in [0.15, 0.2) is 42.7 Å². The fourth-order valence-corrected chi connectivity index (χ4v) is 5.14. The number of carbonyl (C=O) groups excluding carboxylic acids is 1. The second-order valence-electron chi connectivity index (χ2n) is 11.0. The van der Waals surface area contributed by atoms with E-state index in [4.69, 9.17) is 14.5 Å². The number of nitrogens with one attached hydrogen (secondary N) is 1. The second kappa shape index (κ2) is 12.2. The predicted octanol–water partition coefficient (Wildman–Crippen LogP) is 4.40. The summed E-state index contributed by atoms with van der Waals surface area (Å²) in [5, 5.41) is 0. The highest BCUT2D eigenvalue weighted by atomic mass is 19.4.